The number of esters is 1. The van der Waals surface area contributed by atoms with Crippen LogP contribution in [0, 0.1) is 0 Å². The van der Waals surface area contributed by atoms with Crippen molar-refractivity contribution in [1.82, 2.24) is 0 Å². The van der Waals surface area contributed by atoms with Crippen molar-refractivity contribution in [1.29, 1.82) is 0 Å². The number of phenolic OH excluding ortho intramolecular Hbond substituents is 1. The molecule has 6 nitrogen and oxygen atoms in total. The highest BCUT2D eigenvalue weighted by atomic mass is 35.5. The minimum Gasteiger partial charge on any atom is -0.506 e. The SMILES string of the molecule is CC(C(=O)O)c1ccc(-c2ccc(OCc3ccc(C(F)(F)F)c(O)c3C(=O)OC(C)(C)C)cc2)c(Cl)c1. The molecule has 0 saturated heterocycles. The van der Waals surface area contributed by atoms with Gasteiger partial charge in [-0.3, -0.25) is 4.79 Å². The first-order valence-corrected chi connectivity index (χ1v) is 11.9. The zero-order chi connectivity index (χ0) is 28.4. The van der Waals surface area contributed by atoms with Gasteiger partial charge in [0.2, 0.25) is 0 Å². The van der Waals surface area contributed by atoms with E-state index in [1.165, 1.54) is 0 Å². The third-order valence-electron chi connectivity index (χ3n) is 5.60. The van der Waals surface area contributed by atoms with E-state index in [9.17, 15) is 33.0 Å². The summed E-state index contributed by atoms with van der Waals surface area (Å²) in [6.45, 7) is 5.91. The largest absolute Gasteiger partial charge is 0.506 e. The van der Waals surface area contributed by atoms with Crippen molar-refractivity contribution in [3.05, 3.63) is 81.9 Å². The zero-order valence-electron chi connectivity index (χ0n) is 21.0. The number of rotatable bonds is 7. The van der Waals surface area contributed by atoms with Gasteiger partial charge >= 0.3 is 18.1 Å². The molecule has 0 spiro atoms. The maximum Gasteiger partial charge on any atom is 0.419 e. The normalized spacial score (nSPS) is 12.6. The Morgan fingerprint density at radius 1 is 1.00 bits per heavy atom. The summed E-state index contributed by atoms with van der Waals surface area (Å²) in [6, 6.07) is 13.4. The van der Waals surface area contributed by atoms with Gasteiger partial charge in [-0.2, -0.15) is 13.2 Å². The summed E-state index contributed by atoms with van der Waals surface area (Å²) in [5, 5.41) is 19.9. The molecule has 10 heteroatoms. The minimum absolute atomic E-state index is 0.0139. The van der Waals surface area contributed by atoms with E-state index < -0.39 is 46.5 Å². The summed E-state index contributed by atoms with van der Waals surface area (Å²) in [6.07, 6.45) is -4.87. The van der Waals surface area contributed by atoms with Gasteiger partial charge in [0.15, 0.2) is 0 Å². The first kappa shape index (κ1) is 28.8. The van der Waals surface area contributed by atoms with E-state index in [4.69, 9.17) is 21.1 Å². The molecule has 202 valence electrons. The molecule has 3 rings (SSSR count). The molecule has 0 amide bonds. The fourth-order valence-electron chi connectivity index (χ4n) is 3.61. The number of carbonyl (C=O) groups excluding carboxylic acids is 1. The number of hydrogen-bond acceptors (Lipinski definition) is 5. The first-order valence-electron chi connectivity index (χ1n) is 11.5. The van der Waals surface area contributed by atoms with Gasteiger partial charge in [-0.15, -0.1) is 0 Å². The van der Waals surface area contributed by atoms with Crippen LogP contribution in [0.15, 0.2) is 54.6 Å². The Hall–Kier alpha value is -3.72. The number of carbonyl (C=O) groups is 2. The van der Waals surface area contributed by atoms with Crippen LogP contribution < -0.4 is 4.74 Å². The standard InChI is InChI=1S/C28H26ClF3O6/c1-15(25(34)35)17-7-11-20(22(29)13-17)16-5-9-19(10-6-16)37-14-18-8-12-21(28(30,31)32)24(33)23(18)26(36)38-27(2,3)4/h5-13,15,33H,14H2,1-4H3,(H,34,35). The Morgan fingerprint density at radius 3 is 2.16 bits per heavy atom. The lowest BCUT2D eigenvalue weighted by Crippen LogP contribution is -2.25. The fourth-order valence-corrected chi connectivity index (χ4v) is 3.91. The van der Waals surface area contributed by atoms with Gasteiger partial charge in [-0.05, 0) is 63.1 Å². The molecule has 1 atom stereocenters. The Bertz CT molecular complexity index is 1340. The Labute approximate surface area is 222 Å². The summed E-state index contributed by atoms with van der Waals surface area (Å²) < 4.78 is 50.9. The first-order chi connectivity index (χ1) is 17.6. The monoisotopic (exact) mass is 550 g/mol. The molecule has 0 aliphatic rings. The van der Waals surface area contributed by atoms with E-state index in [1.807, 2.05) is 0 Å². The molecule has 0 bridgehead atoms. The van der Waals surface area contributed by atoms with Crippen LogP contribution in [-0.2, 0) is 22.3 Å². The second-order valence-electron chi connectivity index (χ2n) is 9.61. The summed E-state index contributed by atoms with van der Waals surface area (Å²) in [4.78, 5) is 23.9. The number of alkyl halides is 3. The Morgan fingerprint density at radius 2 is 1.63 bits per heavy atom. The van der Waals surface area contributed by atoms with Gasteiger partial charge < -0.3 is 19.7 Å². The van der Waals surface area contributed by atoms with Crippen molar-refractivity contribution < 1.29 is 42.4 Å². The van der Waals surface area contributed by atoms with Crippen molar-refractivity contribution in [2.45, 2.75) is 52.0 Å². The highest BCUT2D eigenvalue weighted by Crippen LogP contribution is 2.40. The number of hydrogen-bond donors (Lipinski definition) is 2. The maximum absolute atomic E-state index is 13.3. The summed E-state index contributed by atoms with van der Waals surface area (Å²) in [7, 11) is 0. The van der Waals surface area contributed by atoms with E-state index in [1.54, 1.807) is 70.2 Å². The summed E-state index contributed by atoms with van der Waals surface area (Å²) in [5.41, 5.74) is -1.01. The van der Waals surface area contributed by atoms with Crippen LogP contribution in [0.2, 0.25) is 5.02 Å². The van der Waals surface area contributed by atoms with Crippen molar-refractivity contribution in [3.8, 4) is 22.6 Å². The molecule has 0 aromatic heterocycles. The van der Waals surface area contributed by atoms with E-state index in [0.717, 1.165) is 11.6 Å². The molecule has 1 unspecified atom stereocenters. The Balaban J connectivity index is 1.84. The minimum atomic E-state index is -4.87. The molecule has 0 aliphatic carbocycles. The maximum atomic E-state index is 13.3. The third-order valence-corrected chi connectivity index (χ3v) is 5.91. The molecule has 2 N–H and O–H groups in total. The number of aromatic hydroxyl groups is 1. The van der Waals surface area contributed by atoms with Crippen LogP contribution in [0.5, 0.6) is 11.5 Å². The summed E-state index contributed by atoms with van der Waals surface area (Å²) in [5.74, 6) is -3.67. The molecule has 0 heterocycles. The molecular weight excluding hydrogens is 525 g/mol. The third kappa shape index (κ3) is 6.77. The van der Waals surface area contributed by atoms with E-state index in [2.05, 4.69) is 0 Å². The predicted molar refractivity (Wildman–Crippen MR) is 136 cm³/mol. The van der Waals surface area contributed by atoms with Crippen molar-refractivity contribution in [2.24, 2.45) is 0 Å². The van der Waals surface area contributed by atoms with Crippen molar-refractivity contribution in [3.63, 3.8) is 0 Å². The van der Waals surface area contributed by atoms with Crippen LogP contribution in [0.25, 0.3) is 11.1 Å². The van der Waals surface area contributed by atoms with E-state index in [-0.39, 0.29) is 12.2 Å². The van der Waals surface area contributed by atoms with Gasteiger partial charge in [0.25, 0.3) is 0 Å². The Kier molecular flexibility index (Phi) is 8.31. The van der Waals surface area contributed by atoms with Gasteiger partial charge in [-0.1, -0.05) is 41.9 Å². The van der Waals surface area contributed by atoms with Crippen LogP contribution in [0.3, 0.4) is 0 Å². The van der Waals surface area contributed by atoms with Crippen LogP contribution in [-0.4, -0.2) is 27.8 Å². The smallest absolute Gasteiger partial charge is 0.419 e. The van der Waals surface area contributed by atoms with Crippen LogP contribution in [0.4, 0.5) is 13.2 Å². The number of aliphatic carboxylic acids is 1. The topological polar surface area (TPSA) is 93.1 Å². The highest BCUT2D eigenvalue weighted by molar-refractivity contribution is 6.33. The van der Waals surface area contributed by atoms with Crippen LogP contribution >= 0.6 is 11.6 Å². The lowest BCUT2D eigenvalue weighted by Gasteiger charge is -2.22. The molecular formula is C28H26ClF3O6. The molecule has 38 heavy (non-hydrogen) atoms. The number of carboxylic acids is 1. The van der Waals surface area contributed by atoms with Gasteiger partial charge in [0, 0.05) is 16.1 Å². The molecule has 0 saturated carbocycles. The fraction of sp³-hybridized carbons (Fsp3) is 0.286. The summed E-state index contributed by atoms with van der Waals surface area (Å²) >= 11 is 6.37. The number of benzene rings is 3. The average Bonchev–Trinajstić information content (AvgIpc) is 2.80. The number of halogens is 4. The van der Waals surface area contributed by atoms with E-state index in [0.29, 0.717) is 28.0 Å². The lowest BCUT2D eigenvalue weighted by atomic mass is 9.97. The molecule has 0 aliphatic heterocycles. The van der Waals surface area contributed by atoms with Gasteiger partial charge in [0.1, 0.15) is 29.3 Å². The molecule has 3 aromatic rings. The molecule has 0 radical (unpaired) electrons. The van der Waals surface area contributed by atoms with Gasteiger partial charge in [0.05, 0.1) is 11.5 Å². The number of phenols is 1. The lowest BCUT2D eigenvalue weighted by molar-refractivity contribution is -0.139. The second kappa shape index (κ2) is 10.9. The van der Waals surface area contributed by atoms with Crippen molar-refractivity contribution >= 4 is 23.5 Å². The number of ether oxygens (including phenoxy) is 2. The van der Waals surface area contributed by atoms with Crippen molar-refractivity contribution in [2.75, 3.05) is 0 Å². The zero-order valence-corrected chi connectivity index (χ0v) is 21.8. The predicted octanol–water partition coefficient (Wildman–Crippen LogP) is 7.45. The quantitative estimate of drug-likeness (QED) is 0.297. The number of carboxylic acid groups (broad SMARTS) is 1. The van der Waals surface area contributed by atoms with Crippen LogP contribution in [0.1, 0.15) is 60.7 Å². The second-order valence-corrected chi connectivity index (χ2v) is 10.0. The molecule has 0 fully saturated rings. The molecule has 3 aromatic carbocycles. The van der Waals surface area contributed by atoms with Gasteiger partial charge in [-0.25, -0.2) is 4.79 Å². The average molecular weight is 551 g/mol. The highest BCUT2D eigenvalue weighted by Gasteiger charge is 2.37. The van der Waals surface area contributed by atoms with E-state index >= 15 is 0 Å².